The molecule has 0 radical (unpaired) electrons. The number of aromatic amines is 1. The second-order valence-electron chi connectivity index (χ2n) is 4.46. The zero-order valence-electron chi connectivity index (χ0n) is 9.84. The molecule has 1 fully saturated rings. The number of methoxy groups -OCH3 is 1. The molecule has 2 unspecified atom stereocenters. The van der Waals surface area contributed by atoms with E-state index in [-0.39, 0.29) is 18.0 Å². The fourth-order valence-corrected chi connectivity index (χ4v) is 2.61. The van der Waals surface area contributed by atoms with E-state index in [0.29, 0.717) is 9.99 Å². The Balaban J connectivity index is 1.94. The number of nitrogens with one attached hydrogen (secondary N) is 2. The van der Waals surface area contributed by atoms with Crippen molar-refractivity contribution < 1.29 is 9.13 Å². The number of hydrogen-bond donors (Lipinski definition) is 2. The SMILES string of the molecule is COC1CNC(c2nc3cc(Br)c(F)cc3[nH]2)C1. The average Bonchev–Trinajstić information content (AvgIpc) is 2.95. The maximum absolute atomic E-state index is 13.4. The molecule has 2 heterocycles. The molecule has 0 amide bonds. The second kappa shape index (κ2) is 4.60. The van der Waals surface area contributed by atoms with E-state index in [9.17, 15) is 4.39 Å². The van der Waals surface area contributed by atoms with Gasteiger partial charge in [0.15, 0.2) is 0 Å². The van der Waals surface area contributed by atoms with Gasteiger partial charge in [-0.2, -0.15) is 0 Å². The van der Waals surface area contributed by atoms with E-state index < -0.39 is 0 Å². The van der Waals surface area contributed by atoms with Gasteiger partial charge in [-0.25, -0.2) is 9.37 Å². The van der Waals surface area contributed by atoms with E-state index in [2.05, 4.69) is 31.2 Å². The number of ether oxygens (including phenoxy) is 1. The lowest BCUT2D eigenvalue weighted by atomic mass is 10.2. The van der Waals surface area contributed by atoms with Crippen molar-refractivity contribution in [1.82, 2.24) is 15.3 Å². The lowest BCUT2D eigenvalue weighted by Gasteiger charge is -2.06. The van der Waals surface area contributed by atoms with E-state index >= 15 is 0 Å². The average molecular weight is 314 g/mol. The number of hydrogen-bond acceptors (Lipinski definition) is 3. The summed E-state index contributed by atoms with van der Waals surface area (Å²) in [6.45, 7) is 0.816. The summed E-state index contributed by atoms with van der Waals surface area (Å²) in [6, 6.07) is 3.29. The van der Waals surface area contributed by atoms with Crippen molar-refractivity contribution in [3.8, 4) is 0 Å². The molecule has 1 saturated heterocycles. The Hall–Kier alpha value is -0.980. The Labute approximate surface area is 112 Å². The van der Waals surface area contributed by atoms with Crippen LogP contribution in [0.2, 0.25) is 0 Å². The highest BCUT2D eigenvalue weighted by atomic mass is 79.9. The van der Waals surface area contributed by atoms with Crippen LogP contribution in [0.15, 0.2) is 16.6 Å². The number of benzene rings is 1. The van der Waals surface area contributed by atoms with Crippen LogP contribution in [0.25, 0.3) is 11.0 Å². The van der Waals surface area contributed by atoms with Gasteiger partial charge in [0.25, 0.3) is 0 Å². The summed E-state index contributed by atoms with van der Waals surface area (Å²) in [5.74, 6) is 0.550. The Morgan fingerprint density at radius 1 is 1.50 bits per heavy atom. The lowest BCUT2D eigenvalue weighted by molar-refractivity contribution is 0.117. The molecule has 96 valence electrons. The molecule has 1 aliphatic rings. The van der Waals surface area contributed by atoms with Crippen LogP contribution < -0.4 is 5.32 Å². The third kappa shape index (κ3) is 2.04. The minimum absolute atomic E-state index is 0.143. The number of imidazole rings is 1. The van der Waals surface area contributed by atoms with Gasteiger partial charge in [-0.15, -0.1) is 0 Å². The van der Waals surface area contributed by atoms with Crippen molar-refractivity contribution in [2.24, 2.45) is 0 Å². The molecule has 0 aliphatic carbocycles. The molecule has 1 aromatic carbocycles. The zero-order chi connectivity index (χ0) is 12.7. The van der Waals surface area contributed by atoms with E-state index in [1.165, 1.54) is 6.07 Å². The van der Waals surface area contributed by atoms with E-state index in [0.717, 1.165) is 24.3 Å². The lowest BCUT2D eigenvalue weighted by Crippen LogP contribution is -2.16. The summed E-state index contributed by atoms with van der Waals surface area (Å²) in [4.78, 5) is 7.66. The standard InChI is InChI=1S/C12H13BrFN3O/c1-18-6-2-11(15-5-6)12-16-9-3-7(13)8(14)4-10(9)17-12/h3-4,6,11,15H,2,5H2,1H3,(H,16,17). The quantitative estimate of drug-likeness (QED) is 0.895. The highest BCUT2D eigenvalue weighted by molar-refractivity contribution is 9.10. The van der Waals surface area contributed by atoms with E-state index in [4.69, 9.17) is 4.74 Å². The van der Waals surface area contributed by atoms with Crippen molar-refractivity contribution >= 4 is 27.0 Å². The molecule has 2 N–H and O–H groups in total. The molecular weight excluding hydrogens is 301 g/mol. The first-order valence-corrected chi connectivity index (χ1v) is 6.57. The van der Waals surface area contributed by atoms with Gasteiger partial charge in [0.1, 0.15) is 11.6 Å². The monoisotopic (exact) mass is 313 g/mol. The molecule has 0 bridgehead atoms. The Morgan fingerprint density at radius 2 is 2.33 bits per heavy atom. The first-order valence-electron chi connectivity index (χ1n) is 5.78. The zero-order valence-corrected chi connectivity index (χ0v) is 11.4. The predicted molar refractivity (Wildman–Crippen MR) is 69.9 cm³/mol. The van der Waals surface area contributed by atoms with Crippen molar-refractivity contribution in [1.29, 1.82) is 0 Å². The molecule has 18 heavy (non-hydrogen) atoms. The molecule has 1 aliphatic heterocycles. The topological polar surface area (TPSA) is 49.9 Å². The summed E-state index contributed by atoms with van der Waals surface area (Å²) in [5, 5.41) is 3.34. The maximum Gasteiger partial charge on any atom is 0.139 e. The highest BCUT2D eigenvalue weighted by Crippen LogP contribution is 2.27. The van der Waals surface area contributed by atoms with Crippen LogP contribution in [0.3, 0.4) is 0 Å². The van der Waals surface area contributed by atoms with Crippen LogP contribution in [0.1, 0.15) is 18.3 Å². The van der Waals surface area contributed by atoms with Crippen molar-refractivity contribution in [2.75, 3.05) is 13.7 Å². The smallest absolute Gasteiger partial charge is 0.139 e. The van der Waals surface area contributed by atoms with Gasteiger partial charge in [-0.1, -0.05) is 0 Å². The van der Waals surface area contributed by atoms with Crippen LogP contribution in [0, 0.1) is 5.82 Å². The third-order valence-corrected chi connectivity index (χ3v) is 3.90. The number of fused-ring (bicyclic) bond motifs is 1. The molecule has 0 spiro atoms. The molecule has 6 heteroatoms. The summed E-state index contributed by atoms with van der Waals surface area (Å²) in [5.41, 5.74) is 1.48. The maximum atomic E-state index is 13.4. The van der Waals surface area contributed by atoms with Gasteiger partial charge < -0.3 is 15.0 Å². The summed E-state index contributed by atoms with van der Waals surface area (Å²) < 4.78 is 19.2. The van der Waals surface area contributed by atoms with Crippen LogP contribution in [-0.4, -0.2) is 29.7 Å². The normalized spacial score (nSPS) is 23.9. The first kappa shape index (κ1) is 12.1. The number of aromatic nitrogens is 2. The van der Waals surface area contributed by atoms with Crippen LogP contribution >= 0.6 is 15.9 Å². The van der Waals surface area contributed by atoms with Gasteiger partial charge in [0.05, 0.1) is 27.7 Å². The number of rotatable bonds is 2. The number of H-pyrrole nitrogens is 1. The molecule has 0 saturated carbocycles. The minimum atomic E-state index is -0.285. The molecule has 2 aromatic rings. The highest BCUT2D eigenvalue weighted by Gasteiger charge is 2.27. The van der Waals surface area contributed by atoms with Crippen LogP contribution in [-0.2, 0) is 4.74 Å². The van der Waals surface area contributed by atoms with Gasteiger partial charge in [0.2, 0.25) is 0 Å². The number of nitrogens with zero attached hydrogens (tertiary/aromatic N) is 1. The van der Waals surface area contributed by atoms with Gasteiger partial charge >= 0.3 is 0 Å². The summed E-state index contributed by atoms with van der Waals surface area (Å²) >= 11 is 3.17. The third-order valence-electron chi connectivity index (χ3n) is 3.30. The van der Waals surface area contributed by atoms with Crippen molar-refractivity contribution in [3.05, 3.63) is 28.2 Å². The van der Waals surface area contributed by atoms with Crippen LogP contribution in [0.4, 0.5) is 4.39 Å². The molecule has 1 aromatic heterocycles. The van der Waals surface area contributed by atoms with Crippen LogP contribution in [0.5, 0.6) is 0 Å². The molecular formula is C12H13BrFN3O. The van der Waals surface area contributed by atoms with Crippen molar-refractivity contribution in [2.45, 2.75) is 18.6 Å². The summed E-state index contributed by atoms with van der Waals surface area (Å²) in [6.07, 6.45) is 1.09. The van der Waals surface area contributed by atoms with E-state index in [1.54, 1.807) is 13.2 Å². The molecule has 2 atom stereocenters. The summed E-state index contributed by atoms with van der Waals surface area (Å²) in [7, 11) is 1.71. The van der Waals surface area contributed by atoms with E-state index in [1.807, 2.05) is 0 Å². The second-order valence-corrected chi connectivity index (χ2v) is 5.31. The minimum Gasteiger partial charge on any atom is -0.380 e. The van der Waals surface area contributed by atoms with Crippen molar-refractivity contribution in [3.63, 3.8) is 0 Å². The molecule has 4 nitrogen and oxygen atoms in total. The molecule has 3 rings (SSSR count). The first-order chi connectivity index (χ1) is 8.67. The number of halogens is 2. The van der Waals surface area contributed by atoms with Gasteiger partial charge in [0, 0.05) is 19.7 Å². The fraction of sp³-hybridized carbons (Fsp3) is 0.417. The fourth-order valence-electron chi connectivity index (χ4n) is 2.28. The Kier molecular flexibility index (Phi) is 3.09. The predicted octanol–water partition coefficient (Wildman–Crippen LogP) is 2.51. The Bertz CT molecular complexity index is 547. The Morgan fingerprint density at radius 3 is 3.06 bits per heavy atom. The largest absolute Gasteiger partial charge is 0.380 e. The van der Waals surface area contributed by atoms with Gasteiger partial charge in [-0.3, -0.25) is 0 Å². The van der Waals surface area contributed by atoms with Gasteiger partial charge in [-0.05, 0) is 28.4 Å².